The van der Waals surface area contributed by atoms with Crippen molar-refractivity contribution >= 4 is 27.0 Å². The van der Waals surface area contributed by atoms with E-state index in [0.717, 1.165) is 10.4 Å². The van der Waals surface area contributed by atoms with Gasteiger partial charge in [0.15, 0.2) is 0 Å². The van der Waals surface area contributed by atoms with Crippen molar-refractivity contribution in [2.24, 2.45) is 0 Å². The molecule has 102 valence electrons. The number of nitrogens with zero attached hydrogens (tertiary/aromatic N) is 1. The molecule has 7 heteroatoms. The number of nitrogens with one attached hydrogen (secondary N) is 2. The average molecular weight is 297 g/mol. The van der Waals surface area contributed by atoms with Crippen LogP contribution in [0.3, 0.4) is 0 Å². The molecule has 0 unspecified atom stereocenters. The third-order valence-electron chi connectivity index (χ3n) is 2.46. The molecule has 0 fully saturated rings. The molecule has 0 saturated carbocycles. The van der Waals surface area contributed by atoms with Crippen LogP contribution < -0.4 is 10.0 Å². The van der Waals surface area contributed by atoms with Gasteiger partial charge in [0.2, 0.25) is 0 Å². The van der Waals surface area contributed by atoms with Crippen LogP contribution in [0, 0.1) is 6.92 Å². The van der Waals surface area contributed by atoms with E-state index < -0.39 is 10.0 Å². The maximum Gasteiger partial charge on any atom is 0.263 e. The summed E-state index contributed by atoms with van der Waals surface area (Å²) in [6, 6.07) is 3.36. The van der Waals surface area contributed by atoms with Crippen molar-refractivity contribution in [2.45, 2.75) is 18.4 Å². The van der Waals surface area contributed by atoms with Crippen LogP contribution in [-0.4, -0.2) is 20.4 Å². The number of sulfonamides is 1. The molecule has 0 aliphatic heterocycles. The topological polar surface area (TPSA) is 71.1 Å². The third kappa shape index (κ3) is 3.31. The summed E-state index contributed by atoms with van der Waals surface area (Å²) < 4.78 is 27.2. The quantitative estimate of drug-likeness (QED) is 0.885. The molecule has 2 heterocycles. The van der Waals surface area contributed by atoms with Gasteiger partial charge in [-0.1, -0.05) is 0 Å². The van der Waals surface area contributed by atoms with E-state index in [-0.39, 0.29) is 0 Å². The van der Waals surface area contributed by atoms with Gasteiger partial charge >= 0.3 is 0 Å². The smallest absolute Gasteiger partial charge is 0.263 e. The Hall–Kier alpha value is -1.44. The second-order valence-corrected chi connectivity index (χ2v) is 6.75. The van der Waals surface area contributed by atoms with Crippen LogP contribution in [0.1, 0.15) is 10.4 Å². The predicted molar refractivity (Wildman–Crippen MR) is 76.9 cm³/mol. The number of aromatic nitrogens is 1. The molecular formula is C12H15N3O2S2. The minimum absolute atomic E-state index is 0.313. The van der Waals surface area contributed by atoms with Crippen LogP contribution in [0.5, 0.6) is 0 Å². The van der Waals surface area contributed by atoms with Gasteiger partial charge in [0.05, 0.1) is 11.9 Å². The number of aryl methyl sites for hydroxylation is 1. The molecular weight excluding hydrogens is 282 g/mol. The highest BCUT2D eigenvalue weighted by molar-refractivity contribution is 7.93. The molecule has 5 nitrogen and oxygen atoms in total. The van der Waals surface area contributed by atoms with Gasteiger partial charge in [-0.15, -0.1) is 11.3 Å². The van der Waals surface area contributed by atoms with E-state index >= 15 is 0 Å². The van der Waals surface area contributed by atoms with E-state index in [4.69, 9.17) is 0 Å². The summed E-state index contributed by atoms with van der Waals surface area (Å²) >= 11 is 1.42. The summed E-state index contributed by atoms with van der Waals surface area (Å²) in [4.78, 5) is 5.07. The minimum atomic E-state index is -3.56. The van der Waals surface area contributed by atoms with Crippen molar-refractivity contribution in [1.82, 2.24) is 10.3 Å². The van der Waals surface area contributed by atoms with Crippen LogP contribution in [0.15, 0.2) is 34.8 Å². The number of hydrogen-bond acceptors (Lipinski definition) is 5. The largest absolute Gasteiger partial charge is 0.315 e. The summed E-state index contributed by atoms with van der Waals surface area (Å²) in [7, 11) is -1.77. The lowest BCUT2D eigenvalue weighted by Crippen LogP contribution is -2.15. The summed E-state index contributed by atoms with van der Waals surface area (Å²) in [6.07, 6.45) is 3.17. The minimum Gasteiger partial charge on any atom is -0.315 e. The van der Waals surface area contributed by atoms with Gasteiger partial charge in [-0.25, -0.2) is 8.42 Å². The van der Waals surface area contributed by atoms with Gasteiger partial charge in [-0.2, -0.15) is 0 Å². The Bertz CT molecular complexity index is 665. The lowest BCUT2D eigenvalue weighted by atomic mass is 10.3. The molecule has 0 spiro atoms. The van der Waals surface area contributed by atoms with Crippen LogP contribution in [-0.2, 0) is 16.6 Å². The van der Waals surface area contributed by atoms with Gasteiger partial charge in [-0.05, 0) is 37.0 Å². The Labute approximate surface area is 116 Å². The van der Waals surface area contributed by atoms with Gasteiger partial charge in [0.25, 0.3) is 10.0 Å². The number of pyridine rings is 1. The van der Waals surface area contributed by atoms with Crippen LogP contribution >= 0.6 is 11.3 Å². The zero-order valence-electron chi connectivity index (χ0n) is 10.7. The fourth-order valence-electron chi connectivity index (χ4n) is 1.68. The Morgan fingerprint density at radius 3 is 2.84 bits per heavy atom. The second kappa shape index (κ2) is 5.68. The molecule has 2 rings (SSSR count). The molecule has 0 aromatic carbocycles. The fourth-order valence-corrected chi connectivity index (χ4v) is 4.17. The van der Waals surface area contributed by atoms with Crippen molar-refractivity contribution in [3.05, 3.63) is 40.3 Å². The molecule has 0 atom stereocenters. The highest BCUT2D eigenvalue weighted by atomic mass is 32.2. The molecule has 2 aromatic rings. The molecule has 2 N–H and O–H groups in total. The van der Waals surface area contributed by atoms with E-state index in [0.29, 0.717) is 17.1 Å². The Morgan fingerprint density at radius 2 is 2.16 bits per heavy atom. The summed E-state index contributed by atoms with van der Waals surface area (Å²) in [5.41, 5.74) is 1.38. The zero-order chi connectivity index (χ0) is 13.9. The Morgan fingerprint density at radius 1 is 1.37 bits per heavy atom. The first-order valence-corrected chi connectivity index (χ1v) is 8.04. The molecule has 0 bridgehead atoms. The predicted octanol–water partition coefficient (Wildman–Crippen LogP) is 1.97. The van der Waals surface area contributed by atoms with E-state index in [2.05, 4.69) is 15.0 Å². The number of anilines is 1. The average Bonchev–Trinajstić information content (AvgIpc) is 2.78. The van der Waals surface area contributed by atoms with Crippen molar-refractivity contribution in [1.29, 1.82) is 0 Å². The Balaban J connectivity index is 2.30. The molecule has 0 amide bonds. The fraction of sp³-hybridized carbons (Fsp3) is 0.250. The van der Waals surface area contributed by atoms with E-state index in [1.165, 1.54) is 17.5 Å². The lowest BCUT2D eigenvalue weighted by Gasteiger charge is -2.08. The van der Waals surface area contributed by atoms with Crippen LogP contribution in [0.2, 0.25) is 0 Å². The van der Waals surface area contributed by atoms with Crippen molar-refractivity contribution in [3.8, 4) is 0 Å². The first-order valence-electron chi connectivity index (χ1n) is 5.68. The molecule has 0 aliphatic rings. The number of hydrogen-bond donors (Lipinski definition) is 2. The van der Waals surface area contributed by atoms with Gasteiger partial charge in [0, 0.05) is 17.6 Å². The van der Waals surface area contributed by atoms with Crippen molar-refractivity contribution < 1.29 is 8.42 Å². The standard InChI is InChI=1S/C12H15N3O2S2/c1-9-5-10(7-14-6-9)15-19(16,17)12-3-4-18-11(12)8-13-2/h3-7,13,15H,8H2,1-2H3. The SMILES string of the molecule is CNCc1sccc1S(=O)(=O)Nc1cncc(C)c1. The van der Waals surface area contributed by atoms with Gasteiger partial charge in [0.1, 0.15) is 4.90 Å². The van der Waals surface area contributed by atoms with Crippen molar-refractivity contribution in [3.63, 3.8) is 0 Å². The first kappa shape index (κ1) is 14.0. The number of rotatable bonds is 5. The van der Waals surface area contributed by atoms with Gasteiger partial charge < -0.3 is 5.32 Å². The van der Waals surface area contributed by atoms with Gasteiger partial charge in [-0.3, -0.25) is 9.71 Å². The van der Waals surface area contributed by atoms with E-state index in [1.807, 2.05) is 6.92 Å². The molecule has 19 heavy (non-hydrogen) atoms. The molecule has 0 aliphatic carbocycles. The summed E-state index contributed by atoms with van der Waals surface area (Å²) in [5, 5.41) is 4.73. The lowest BCUT2D eigenvalue weighted by molar-refractivity contribution is 0.600. The monoisotopic (exact) mass is 297 g/mol. The zero-order valence-corrected chi connectivity index (χ0v) is 12.3. The molecule has 0 saturated heterocycles. The highest BCUT2D eigenvalue weighted by Crippen LogP contribution is 2.24. The molecule has 0 radical (unpaired) electrons. The highest BCUT2D eigenvalue weighted by Gasteiger charge is 2.19. The maximum absolute atomic E-state index is 12.3. The van der Waals surface area contributed by atoms with Crippen LogP contribution in [0.25, 0.3) is 0 Å². The van der Waals surface area contributed by atoms with E-state index in [9.17, 15) is 8.42 Å². The van der Waals surface area contributed by atoms with Crippen LogP contribution in [0.4, 0.5) is 5.69 Å². The maximum atomic E-state index is 12.3. The third-order valence-corrected chi connectivity index (χ3v) is 4.97. The Kier molecular flexibility index (Phi) is 4.18. The number of thiophene rings is 1. The molecule has 2 aromatic heterocycles. The van der Waals surface area contributed by atoms with Crippen molar-refractivity contribution in [2.75, 3.05) is 11.8 Å². The normalized spacial score (nSPS) is 11.5. The van der Waals surface area contributed by atoms with E-state index in [1.54, 1.807) is 30.8 Å². The first-order chi connectivity index (χ1) is 9.03. The second-order valence-electron chi connectivity index (χ2n) is 4.09. The summed E-state index contributed by atoms with van der Waals surface area (Å²) in [6.45, 7) is 2.39. The summed E-state index contributed by atoms with van der Waals surface area (Å²) in [5.74, 6) is 0.